The van der Waals surface area contributed by atoms with E-state index in [0.717, 1.165) is 56.3 Å². The molecule has 232 valence electrons. The van der Waals surface area contributed by atoms with Crippen molar-refractivity contribution in [1.82, 2.24) is 5.32 Å². The number of ketones is 2. The third-order valence-corrected chi connectivity index (χ3v) is 14.1. The minimum atomic E-state index is -0.532. The molecular weight excluding hydrogens is 534 g/mol. The van der Waals surface area contributed by atoms with Crippen LogP contribution in [0.3, 0.4) is 0 Å². The molecular formula is C38H51NO4. The summed E-state index contributed by atoms with van der Waals surface area (Å²) in [5.41, 5.74) is 0.630. The third kappa shape index (κ3) is 4.12. The summed E-state index contributed by atoms with van der Waals surface area (Å²) in [6.07, 6.45) is 12.5. The molecule has 43 heavy (non-hydrogen) atoms. The van der Waals surface area contributed by atoms with Crippen molar-refractivity contribution in [2.24, 2.45) is 50.2 Å². The highest BCUT2D eigenvalue weighted by atomic mass is 16.5. The molecule has 3 saturated carbocycles. The summed E-state index contributed by atoms with van der Waals surface area (Å²) in [4.78, 5) is 41.4. The fraction of sp³-hybridized carbons (Fsp3) is 0.658. The SMILES string of the molecule is COc1ccccc1CNC(=O)C1(C)CCC2(C)CCC3(C)C(C(=O)C=C4C5(C)C=CC(=O)C(C)(C)C5CCC43C)C2C1. The Balaban J connectivity index is 1.33. The number of hydrogen-bond donors (Lipinski definition) is 1. The smallest absolute Gasteiger partial charge is 0.226 e. The zero-order valence-corrected chi connectivity index (χ0v) is 27.6. The minimum Gasteiger partial charge on any atom is -0.496 e. The normalized spacial score (nSPS) is 43.0. The van der Waals surface area contributed by atoms with Crippen molar-refractivity contribution in [2.45, 2.75) is 100.0 Å². The molecule has 0 saturated heterocycles. The van der Waals surface area contributed by atoms with Gasteiger partial charge >= 0.3 is 0 Å². The Morgan fingerprint density at radius 3 is 2.37 bits per heavy atom. The molecule has 5 aliphatic carbocycles. The van der Waals surface area contributed by atoms with Gasteiger partial charge in [-0.3, -0.25) is 14.4 Å². The second-order valence-electron chi connectivity index (χ2n) is 16.5. The maximum absolute atomic E-state index is 14.6. The van der Waals surface area contributed by atoms with E-state index in [1.807, 2.05) is 30.3 Å². The van der Waals surface area contributed by atoms with Gasteiger partial charge in [-0.15, -0.1) is 0 Å². The number of hydrogen-bond acceptors (Lipinski definition) is 4. The van der Waals surface area contributed by atoms with Crippen LogP contribution >= 0.6 is 0 Å². The van der Waals surface area contributed by atoms with Gasteiger partial charge in [0, 0.05) is 34.3 Å². The first kappa shape index (κ1) is 30.3. The van der Waals surface area contributed by atoms with Gasteiger partial charge in [-0.05, 0) is 91.2 Å². The molecule has 1 amide bonds. The van der Waals surface area contributed by atoms with Gasteiger partial charge in [0.2, 0.25) is 5.91 Å². The van der Waals surface area contributed by atoms with E-state index in [9.17, 15) is 14.4 Å². The molecule has 8 atom stereocenters. The highest BCUT2D eigenvalue weighted by molar-refractivity contribution is 5.98. The quantitative estimate of drug-likeness (QED) is 0.394. The van der Waals surface area contributed by atoms with E-state index >= 15 is 0 Å². The minimum absolute atomic E-state index is 0.0459. The number of benzene rings is 1. The summed E-state index contributed by atoms with van der Waals surface area (Å²) < 4.78 is 5.51. The number of amides is 1. The van der Waals surface area contributed by atoms with Gasteiger partial charge in [-0.2, -0.15) is 0 Å². The zero-order chi connectivity index (χ0) is 31.2. The Morgan fingerprint density at radius 2 is 1.65 bits per heavy atom. The lowest BCUT2D eigenvalue weighted by Crippen LogP contribution is -2.64. The van der Waals surface area contributed by atoms with Crippen LogP contribution in [0.1, 0.15) is 99.0 Å². The van der Waals surface area contributed by atoms with Crippen LogP contribution in [0.15, 0.2) is 48.1 Å². The van der Waals surface area contributed by atoms with Crippen molar-refractivity contribution in [3.63, 3.8) is 0 Å². The largest absolute Gasteiger partial charge is 0.496 e. The first-order valence-electron chi connectivity index (χ1n) is 16.5. The van der Waals surface area contributed by atoms with Gasteiger partial charge in [-0.25, -0.2) is 0 Å². The summed E-state index contributed by atoms with van der Waals surface area (Å²) in [6.45, 7) is 16.2. The van der Waals surface area contributed by atoms with E-state index < -0.39 is 10.8 Å². The average Bonchev–Trinajstić information content (AvgIpc) is 2.96. The standard InChI is InChI=1S/C38H51NO4/c1-33(2)28-13-16-37(6)29(36(28,5)15-14-30(33)41)21-26(40)31-25-22-35(4,18-17-34(25,3)19-20-38(31,37)7)32(42)39-23-24-11-9-10-12-27(24)43-8/h9-12,14-15,21,25,28,31H,13,16-20,22-23H2,1-8H3,(H,39,42). The van der Waals surface area contributed by atoms with Crippen LogP contribution in [0.25, 0.3) is 0 Å². The molecule has 8 unspecified atom stereocenters. The van der Waals surface area contributed by atoms with E-state index in [1.54, 1.807) is 13.2 Å². The fourth-order valence-electron chi connectivity index (χ4n) is 10.9. The molecule has 0 radical (unpaired) electrons. The maximum Gasteiger partial charge on any atom is 0.226 e. The number of carbonyl (C=O) groups excluding carboxylic acids is 3. The number of methoxy groups -OCH3 is 1. The van der Waals surface area contributed by atoms with E-state index in [4.69, 9.17) is 4.74 Å². The van der Waals surface area contributed by atoms with Gasteiger partial charge in [0.1, 0.15) is 5.75 Å². The lowest BCUT2D eigenvalue weighted by atomic mass is 9.34. The third-order valence-electron chi connectivity index (χ3n) is 14.1. The van der Waals surface area contributed by atoms with E-state index in [2.05, 4.69) is 59.9 Å². The molecule has 0 aromatic heterocycles. The number of nitrogens with one attached hydrogen (secondary N) is 1. The van der Waals surface area contributed by atoms with Crippen LogP contribution in [0.4, 0.5) is 0 Å². The van der Waals surface area contributed by atoms with E-state index in [1.165, 1.54) is 5.57 Å². The Bertz CT molecular complexity index is 1440. The van der Waals surface area contributed by atoms with Crippen molar-refractivity contribution in [3.05, 3.63) is 53.6 Å². The highest BCUT2D eigenvalue weighted by Gasteiger charge is 2.69. The molecule has 5 nitrogen and oxygen atoms in total. The van der Waals surface area contributed by atoms with Gasteiger partial charge in [0.25, 0.3) is 0 Å². The second-order valence-corrected chi connectivity index (χ2v) is 16.5. The van der Waals surface area contributed by atoms with Crippen LogP contribution in [-0.2, 0) is 20.9 Å². The molecule has 6 rings (SSSR count). The van der Waals surface area contributed by atoms with Crippen LogP contribution in [0.5, 0.6) is 5.75 Å². The molecule has 0 spiro atoms. The van der Waals surface area contributed by atoms with E-state index in [-0.39, 0.29) is 56.9 Å². The molecule has 1 aromatic carbocycles. The molecule has 3 fully saturated rings. The number of ether oxygens (including phenoxy) is 1. The summed E-state index contributed by atoms with van der Waals surface area (Å²) in [7, 11) is 1.66. The lowest BCUT2D eigenvalue weighted by molar-refractivity contribution is -0.172. The number of allylic oxidation sites excluding steroid dienone is 4. The Morgan fingerprint density at radius 1 is 0.953 bits per heavy atom. The fourth-order valence-corrected chi connectivity index (χ4v) is 10.9. The van der Waals surface area contributed by atoms with Crippen molar-refractivity contribution in [1.29, 1.82) is 0 Å². The maximum atomic E-state index is 14.6. The molecule has 0 heterocycles. The van der Waals surface area contributed by atoms with Crippen molar-refractivity contribution in [3.8, 4) is 5.75 Å². The molecule has 0 aliphatic heterocycles. The number of fused-ring (bicyclic) bond motifs is 7. The Hall–Kier alpha value is -2.69. The zero-order valence-electron chi connectivity index (χ0n) is 27.6. The topological polar surface area (TPSA) is 72.5 Å². The second kappa shape index (κ2) is 9.65. The van der Waals surface area contributed by atoms with Crippen molar-refractivity contribution < 1.29 is 19.1 Å². The van der Waals surface area contributed by atoms with Crippen LogP contribution in [-0.4, -0.2) is 24.6 Å². The summed E-state index contributed by atoms with van der Waals surface area (Å²) >= 11 is 0. The predicted octanol–water partition coefficient (Wildman–Crippen LogP) is 7.64. The van der Waals surface area contributed by atoms with Gasteiger partial charge in [0.15, 0.2) is 11.6 Å². The first-order chi connectivity index (χ1) is 20.1. The number of carbonyl (C=O) groups is 3. The van der Waals surface area contributed by atoms with Gasteiger partial charge in [0.05, 0.1) is 7.11 Å². The summed E-state index contributed by atoms with van der Waals surface area (Å²) in [5, 5.41) is 3.23. The van der Waals surface area contributed by atoms with Crippen LogP contribution in [0, 0.1) is 50.2 Å². The Labute approximate surface area is 258 Å². The predicted molar refractivity (Wildman–Crippen MR) is 169 cm³/mol. The molecule has 1 aromatic rings. The van der Waals surface area contributed by atoms with Crippen molar-refractivity contribution >= 4 is 17.5 Å². The molecule has 5 heteroatoms. The first-order valence-corrected chi connectivity index (χ1v) is 16.5. The lowest BCUT2D eigenvalue weighted by Gasteiger charge is -2.69. The molecule has 0 bridgehead atoms. The summed E-state index contributed by atoms with van der Waals surface area (Å²) in [6, 6.07) is 7.82. The number of rotatable bonds is 4. The summed E-state index contributed by atoms with van der Waals surface area (Å²) in [5.74, 6) is 1.52. The van der Waals surface area contributed by atoms with E-state index in [0.29, 0.717) is 6.54 Å². The van der Waals surface area contributed by atoms with Crippen LogP contribution in [0.2, 0.25) is 0 Å². The monoisotopic (exact) mass is 585 g/mol. The average molecular weight is 586 g/mol. The van der Waals surface area contributed by atoms with Gasteiger partial charge in [-0.1, -0.05) is 78.3 Å². The van der Waals surface area contributed by atoms with Crippen LogP contribution < -0.4 is 10.1 Å². The molecule has 1 N–H and O–H groups in total. The number of para-hydroxylation sites is 1. The highest BCUT2D eigenvalue weighted by Crippen LogP contribution is 2.74. The van der Waals surface area contributed by atoms with Gasteiger partial charge < -0.3 is 10.1 Å². The van der Waals surface area contributed by atoms with Crippen molar-refractivity contribution in [2.75, 3.05) is 7.11 Å². The Kier molecular flexibility index (Phi) is 6.81. The molecule has 5 aliphatic rings.